The minimum atomic E-state index is -0.704. The highest BCUT2D eigenvalue weighted by Gasteiger charge is 2.19. The summed E-state index contributed by atoms with van der Waals surface area (Å²) in [5, 5.41) is 14.2. The number of nitrogens with zero attached hydrogens (tertiary/aromatic N) is 6. The number of hydrogen-bond acceptors (Lipinski definition) is 8. The van der Waals surface area contributed by atoms with E-state index in [1.165, 1.54) is 7.11 Å². The number of methoxy groups -OCH3 is 1. The van der Waals surface area contributed by atoms with Gasteiger partial charge >= 0.3 is 11.7 Å². The summed E-state index contributed by atoms with van der Waals surface area (Å²) in [6.45, 7) is 1.96. The monoisotopic (exact) mass is 514 g/mol. The lowest BCUT2D eigenvalue weighted by Crippen LogP contribution is -2.38. The van der Waals surface area contributed by atoms with Gasteiger partial charge in [0.25, 0.3) is 5.56 Å². The fraction of sp³-hybridized carbons (Fsp3) is 0.269. The lowest BCUT2D eigenvalue weighted by molar-refractivity contribution is -0.141. The first kappa shape index (κ1) is 24.8. The third kappa shape index (κ3) is 4.75. The molecule has 0 aliphatic rings. The van der Waals surface area contributed by atoms with Gasteiger partial charge in [0.05, 0.1) is 7.11 Å². The van der Waals surface area contributed by atoms with Crippen LogP contribution in [-0.2, 0) is 29.0 Å². The summed E-state index contributed by atoms with van der Waals surface area (Å²) in [7, 11) is 1.21. The molecule has 0 aliphatic heterocycles. The van der Waals surface area contributed by atoms with Crippen LogP contribution in [0.3, 0.4) is 0 Å². The second-order valence-corrected chi connectivity index (χ2v) is 8.80. The Kier molecular flexibility index (Phi) is 6.94. The summed E-state index contributed by atoms with van der Waals surface area (Å²) >= 11 is 0. The molecule has 0 spiro atoms. The third-order valence-electron chi connectivity index (χ3n) is 6.37. The predicted octanol–water partition coefficient (Wildman–Crippen LogP) is 2.30. The highest BCUT2D eigenvalue weighted by Crippen LogP contribution is 2.30. The van der Waals surface area contributed by atoms with E-state index in [1.54, 1.807) is 0 Å². The fourth-order valence-corrected chi connectivity index (χ4v) is 4.41. The number of ether oxygens (including phenoxy) is 1. The average molecular weight is 515 g/mol. The molecule has 5 rings (SSSR count). The molecule has 38 heavy (non-hydrogen) atoms. The molecule has 0 saturated carbocycles. The average Bonchev–Trinajstić information content (AvgIpc) is 3.59. The molecule has 0 aliphatic carbocycles. The zero-order valence-corrected chi connectivity index (χ0v) is 21.0. The maximum atomic E-state index is 13.3. The molecule has 0 bridgehead atoms. The Labute approximate surface area is 216 Å². The maximum Gasteiger partial charge on any atom is 0.330 e. The van der Waals surface area contributed by atoms with Crippen LogP contribution in [0.2, 0.25) is 0 Å². The van der Waals surface area contributed by atoms with Gasteiger partial charge in [0.15, 0.2) is 17.0 Å². The van der Waals surface area contributed by atoms with Crippen LogP contribution in [0.25, 0.3) is 33.7 Å². The Morgan fingerprint density at radius 2 is 1.79 bits per heavy atom. The third-order valence-corrected chi connectivity index (χ3v) is 6.37. The first-order valence-electron chi connectivity index (χ1n) is 12.2. The molecule has 0 atom stereocenters. The van der Waals surface area contributed by atoms with Crippen molar-refractivity contribution in [1.82, 2.24) is 39.7 Å². The van der Waals surface area contributed by atoms with Crippen LogP contribution in [0.5, 0.6) is 0 Å². The first-order chi connectivity index (χ1) is 18.5. The van der Waals surface area contributed by atoms with Crippen molar-refractivity contribution in [3.8, 4) is 22.5 Å². The van der Waals surface area contributed by atoms with Gasteiger partial charge in [0, 0.05) is 18.5 Å². The van der Waals surface area contributed by atoms with Crippen LogP contribution in [0.4, 0.5) is 0 Å². The van der Waals surface area contributed by atoms with E-state index in [0.717, 1.165) is 39.7 Å². The first-order valence-corrected chi connectivity index (χ1v) is 12.2. The van der Waals surface area contributed by atoms with Gasteiger partial charge in [-0.1, -0.05) is 61.9 Å². The Morgan fingerprint density at radius 1 is 1.03 bits per heavy atom. The molecule has 0 amide bonds. The Hall–Kier alpha value is -4.87. The molecule has 12 nitrogen and oxygen atoms in total. The number of tetrazole rings is 1. The highest BCUT2D eigenvalue weighted by molar-refractivity contribution is 5.80. The van der Waals surface area contributed by atoms with E-state index in [1.807, 2.05) is 53.1 Å². The van der Waals surface area contributed by atoms with Crippen LogP contribution < -0.4 is 11.2 Å². The summed E-state index contributed by atoms with van der Waals surface area (Å²) in [6.07, 6.45) is 2.46. The molecule has 2 N–H and O–H groups in total. The number of rotatable bonds is 9. The van der Waals surface area contributed by atoms with Crippen molar-refractivity contribution in [2.24, 2.45) is 0 Å². The number of hydrogen-bond donors (Lipinski definition) is 2. The van der Waals surface area contributed by atoms with Crippen molar-refractivity contribution in [3.05, 3.63) is 80.8 Å². The van der Waals surface area contributed by atoms with Crippen molar-refractivity contribution >= 4 is 17.1 Å². The van der Waals surface area contributed by atoms with Crippen LogP contribution in [0.15, 0.2) is 58.1 Å². The second-order valence-electron chi connectivity index (χ2n) is 8.80. The second kappa shape index (κ2) is 10.6. The number of aromatic amines is 2. The summed E-state index contributed by atoms with van der Waals surface area (Å²) in [5.41, 5.74) is 2.92. The zero-order valence-electron chi connectivity index (χ0n) is 21.0. The summed E-state index contributed by atoms with van der Waals surface area (Å²) in [6, 6.07) is 15.8. The molecular formula is C26H26N8O4. The molecule has 194 valence electrons. The Bertz CT molecular complexity index is 1700. The zero-order chi connectivity index (χ0) is 26.6. The number of imidazole rings is 1. The lowest BCUT2D eigenvalue weighted by atomic mass is 9.98. The lowest BCUT2D eigenvalue weighted by Gasteiger charge is -2.11. The van der Waals surface area contributed by atoms with Gasteiger partial charge in [0.2, 0.25) is 0 Å². The molecule has 0 radical (unpaired) electrons. The van der Waals surface area contributed by atoms with Gasteiger partial charge < -0.3 is 9.30 Å². The van der Waals surface area contributed by atoms with Crippen molar-refractivity contribution in [3.63, 3.8) is 0 Å². The predicted molar refractivity (Wildman–Crippen MR) is 139 cm³/mol. The molecule has 0 unspecified atom stereocenters. The van der Waals surface area contributed by atoms with Crippen LogP contribution in [0.1, 0.15) is 31.2 Å². The molecule has 2 aromatic carbocycles. The number of unbranched alkanes of at least 4 members (excludes halogenated alkanes) is 1. The van der Waals surface area contributed by atoms with Gasteiger partial charge in [-0.05, 0) is 33.5 Å². The number of benzene rings is 2. The summed E-state index contributed by atoms with van der Waals surface area (Å²) in [5.74, 6) is 0.580. The van der Waals surface area contributed by atoms with E-state index >= 15 is 0 Å². The number of fused-ring (bicyclic) bond motifs is 1. The van der Waals surface area contributed by atoms with E-state index in [4.69, 9.17) is 0 Å². The van der Waals surface area contributed by atoms with Crippen molar-refractivity contribution in [1.29, 1.82) is 0 Å². The smallest absolute Gasteiger partial charge is 0.330 e. The van der Waals surface area contributed by atoms with Crippen LogP contribution >= 0.6 is 0 Å². The molecule has 12 heteroatoms. The van der Waals surface area contributed by atoms with Crippen molar-refractivity contribution in [2.45, 2.75) is 39.3 Å². The van der Waals surface area contributed by atoms with Crippen molar-refractivity contribution in [2.75, 3.05) is 7.11 Å². The molecule has 3 heterocycles. The molecule has 5 aromatic rings. The minimum Gasteiger partial charge on any atom is -0.468 e. The van der Waals surface area contributed by atoms with Crippen LogP contribution in [0, 0.1) is 0 Å². The van der Waals surface area contributed by atoms with Gasteiger partial charge in [-0.3, -0.25) is 14.6 Å². The number of aromatic nitrogens is 8. The van der Waals surface area contributed by atoms with E-state index in [-0.39, 0.29) is 11.2 Å². The maximum absolute atomic E-state index is 13.3. The number of carbonyl (C=O) groups excluding carboxylic acids is 1. The van der Waals surface area contributed by atoms with E-state index < -0.39 is 23.8 Å². The largest absolute Gasteiger partial charge is 0.468 e. The highest BCUT2D eigenvalue weighted by atomic mass is 16.5. The van der Waals surface area contributed by atoms with Gasteiger partial charge in [-0.15, -0.1) is 5.10 Å². The van der Waals surface area contributed by atoms with Crippen molar-refractivity contribution < 1.29 is 9.53 Å². The molecule has 3 aromatic heterocycles. The number of aryl methyl sites for hydroxylation is 1. The van der Waals surface area contributed by atoms with Crippen LogP contribution in [-0.4, -0.2) is 52.8 Å². The Morgan fingerprint density at radius 3 is 2.47 bits per heavy atom. The minimum absolute atomic E-state index is 0.207. The fourth-order valence-electron chi connectivity index (χ4n) is 4.41. The number of H-pyrrole nitrogens is 2. The van der Waals surface area contributed by atoms with E-state index in [2.05, 4.69) is 42.3 Å². The summed E-state index contributed by atoms with van der Waals surface area (Å²) in [4.78, 5) is 44.9. The quantitative estimate of drug-likeness (QED) is 0.284. The van der Waals surface area contributed by atoms with Gasteiger partial charge in [-0.25, -0.2) is 19.4 Å². The molecular weight excluding hydrogens is 488 g/mol. The standard InChI is InChI=1S/C26H26N8O4/c1-3-4-9-20-27-24-22(25(36)34(26(37)28-24)15-21(35)38-2)33(20)14-16-10-12-17(13-11-16)18-7-5-6-8-19(18)23-29-31-32-30-23/h5-8,10-13H,3-4,9,14-15H2,1-2H3,(H,28,37)(H,29,30,31,32). The normalized spacial score (nSPS) is 11.2. The van der Waals surface area contributed by atoms with E-state index in [0.29, 0.717) is 24.6 Å². The topological polar surface area (TPSA) is 153 Å². The number of esters is 1. The van der Waals surface area contributed by atoms with Gasteiger partial charge in [-0.2, -0.15) is 0 Å². The number of nitrogens with one attached hydrogen (secondary N) is 2. The van der Waals surface area contributed by atoms with Gasteiger partial charge in [0.1, 0.15) is 12.4 Å². The SMILES string of the molecule is CCCCc1nc2[nH]c(=O)n(CC(=O)OC)c(=O)c2n1Cc1ccc(-c2ccccc2-c2nnn[nH]2)cc1. The molecule has 0 saturated heterocycles. The Balaban J connectivity index is 1.54. The molecule has 0 fully saturated rings. The number of carbonyl (C=O) groups is 1. The van der Waals surface area contributed by atoms with E-state index in [9.17, 15) is 14.4 Å². The summed E-state index contributed by atoms with van der Waals surface area (Å²) < 4.78 is 7.31.